The van der Waals surface area contributed by atoms with Gasteiger partial charge in [0.1, 0.15) is 0 Å². The highest BCUT2D eigenvalue weighted by molar-refractivity contribution is 4.65. The first-order valence-corrected chi connectivity index (χ1v) is 6.84. The summed E-state index contributed by atoms with van der Waals surface area (Å²) in [7, 11) is 0. The Balaban J connectivity index is 4.19. The van der Waals surface area contributed by atoms with Gasteiger partial charge in [0.2, 0.25) is 0 Å². The van der Waals surface area contributed by atoms with Crippen molar-refractivity contribution in [2.24, 2.45) is 0 Å². The molecule has 98 valence electrons. The maximum atomic E-state index is 6.04. The zero-order valence-corrected chi connectivity index (χ0v) is 12.0. The van der Waals surface area contributed by atoms with Crippen LogP contribution < -0.4 is 0 Å². The smallest absolute Gasteiger partial charge is 0.163 e. The quantitative estimate of drug-likeness (QED) is 0.542. The van der Waals surface area contributed by atoms with Crippen molar-refractivity contribution >= 4 is 0 Å². The summed E-state index contributed by atoms with van der Waals surface area (Å²) in [6, 6.07) is 0. The van der Waals surface area contributed by atoms with E-state index in [2.05, 4.69) is 27.7 Å². The molecule has 16 heavy (non-hydrogen) atoms. The summed E-state index contributed by atoms with van der Waals surface area (Å²) in [5.41, 5.74) is 0. The summed E-state index contributed by atoms with van der Waals surface area (Å²) in [6.07, 6.45) is 6.08. The Bertz CT molecular complexity index is 162. The zero-order valence-electron chi connectivity index (χ0n) is 12.0. The van der Waals surface area contributed by atoms with E-state index in [4.69, 9.17) is 9.47 Å². The second kappa shape index (κ2) is 8.08. The molecule has 0 aromatic heterocycles. The summed E-state index contributed by atoms with van der Waals surface area (Å²) in [6.45, 7) is 12.8. The molecule has 0 aliphatic heterocycles. The van der Waals surface area contributed by atoms with E-state index in [1.54, 1.807) is 0 Å². The molecule has 0 aromatic carbocycles. The van der Waals surface area contributed by atoms with Crippen molar-refractivity contribution < 1.29 is 9.47 Å². The average molecular weight is 230 g/mol. The molecular weight excluding hydrogens is 200 g/mol. The molecule has 0 amide bonds. The average Bonchev–Trinajstić information content (AvgIpc) is 2.25. The highest BCUT2D eigenvalue weighted by atomic mass is 16.7. The van der Waals surface area contributed by atoms with Crippen molar-refractivity contribution in [1.29, 1.82) is 0 Å². The van der Waals surface area contributed by atoms with Gasteiger partial charge in [0, 0.05) is 0 Å². The molecule has 0 aliphatic rings. The first-order chi connectivity index (χ1) is 7.49. The van der Waals surface area contributed by atoms with E-state index in [1.165, 1.54) is 6.42 Å². The maximum absolute atomic E-state index is 6.04. The number of hydrogen-bond acceptors (Lipinski definition) is 2. The molecule has 2 heteroatoms. The number of rotatable bonds is 9. The van der Waals surface area contributed by atoms with Crippen molar-refractivity contribution in [2.45, 2.75) is 91.6 Å². The van der Waals surface area contributed by atoms with Crippen LogP contribution in [0.3, 0.4) is 0 Å². The van der Waals surface area contributed by atoms with Crippen molar-refractivity contribution in [3.63, 3.8) is 0 Å². The van der Waals surface area contributed by atoms with Gasteiger partial charge >= 0.3 is 0 Å². The van der Waals surface area contributed by atoms with Gasteiger partial charge in [0.05, 0.1) is 12.2 Å². The van der Waals surface area contributed by atoms with Gasteiger partial charge in [-0.1, -0.05) is 34.1 Å². The highest BCUT2D eigenvalue weighted by Crippen LogP contribution is 2.22. The molecule has 1 unspecified atom stereocenters. The molecule has 0 saturated heterocycles. The Hall–Kier alpha value is -0.0800. The Morgan fingerprint density at radius 3 is 1.62 bits per heavy atom. The van der Waals surface area contributed by atoms with Crippen LogP contribution in [0.1, 0.15) is 73.6 Å². The van der Waals surface area contributed by atoms with Crippen molar-refractivity contribution in [1.82, 2.24) is 0 Å². The fourth-order valence-corrected chi connectivity index (χ4v) is 1.95. The minimum absolute atomic E-state index is 0.314. The monoisotopic (exact) mass is 230 g/mol. The van der Waals surface area contributed by atoms with Crippen LogP contribution in [0.25, 0.3) is 0 Å². The fourth-order valence-electron chi connectivity index (χ4n) is 1.95. The van der Waals surface area contributed by atoms with E-state index in [0.29, 0.717) is 12.2 Å². The van der Waals surface area contributed by atoms with Crippen LogP contribution in [0.2, 0.25) is 0 Å². The predicted molar refractivity (Wildman–Crippen MR) is 69.6 cm³/mol. The van der Waals surface area contributed by atoms with Crippen LogP contribution in [-0.2, 0) is 9.47 Å². The number of ether oxygens (including phenoxy) is 2. The molecule has 0 saturated carbocycles. The number of hydrogen-bond donors (Lipinski definition) is 0. The SMILES string of the molecule is CCCC(CC)OC(C)(C)OC(CC)CC. The molecule has 0 rings (SSSR count). The second-order valence-electron chi connectivity index (χ2n) is 4.89. The van der Waals surface area contributed by atoms with E-state index in [1.807, 2.05) is 13.8 Å². The van der Waals surface area contributed by atoms with Gasteiger partial charge in [-0.2, -0.15) is 0 Å². The molecule has 0 N–H and O–H groups in total. The van der Waals surface area contributed by atoms with Gasteiger partial charge in [0.15, 0.2) is 5.79 Å². The molecule has 1 atom stereocenters. The third-order valence-corrected chi connectivity index (χ3v) is 2.88. The summed E-state index contributed by atoms with van der Waals surface area (Å²) >= 11 is 0. The normalized spacial score (nSPS) is 14.4. The van der Waals surface area contributed by atoms with Gasteiger partial charge < -0.3 is 9.47 Å². The Morgan fingerprint density at radius 2 is 1.25 bits per heavy atom. The molecule has 0 bridgehead atoms. The van der Waals surface area contributed by atoms with Crippen LogP contribution in [0, 0.1) is 0 Å². The molecule has 0 aliphatic carbocycles. The lowest BCUT2D eigenvalue weighted by Gasteiger charge is -2.33. The van der Waals surface area contributed by atoms with Crippen LogP contribution in [0.15, 0.2) is 0 Å². The van der Waals surface area contributed by atoms with Crippen molar-refractivity contribution in [3.05, 3.63) is 0 Å². The van der Waals surface area contributed by atoms with Crippen LogP contribution >= 0.6 is 0 Å². The molecule has 0 fully saturated rings. The largest absolute Gasteiger partial charge is 0.347 e. The molecule has 0 aromatic rings. The molecule has 0 spiro atoms. The van der Waals surface area contributed by atoms with Gasteiger partial charge in [-0.25, -0.2) is 0 Å². The lowest BCUT2D eigenvalue weighted by Crippen LogP contribution is -2.36. The maximum Gasteiger partial charge on any atom is 0.163 e. The van der Waals surface area contributed by atoms with E-state index in [-0.39, 0.29) is 0 Å². The fraction of sp³-hybridized carbons (Fsp3) is 1.00. The van der Waals surface area contributed by atoms with E-state index in [9.17, 15) is 0 Å². The van der Waals surface area contributed by atoms with E-state index >= 15 is 0 Å². The lowest BCUT2D eigenvalue weighted by molar-refractivity contribution is -0.259. The lowest BCUT2D eigenvalue weighted by atomic mass is 10.1. The zero-order chi connectivity index (χ0) is 12.6. The van der Waals surface area contributed by atoms with Crippen LogP contribution in [-0.4, -0.2) is 18.0 Å². The van der Waals surface area contributed by atoms with E-state index < -0.39 is 5.79 Å². The predicted octanol–water partition coefficient (Wildman–Crippen LogP) is 4.52. The van der Waals surface area contributed by atoms with Crippen LogP contribution in [0.5, 0.6) is 0 Å². The Labute approximate surface area is 102 Å². The third-order valence-electron chi connectivity index (χ3n) is 2.88. The van der Waals surface area contributed by atoms with Crippen LogP contribution in [0.4, 0.5) is 0 Å². The summed E-state index contributed by atoms with van der Waals surface area (Å²) in [5, 5.41) is 0. The van der Waals surface area contributed by atoms with E-state index in [0.717, 1.165) is 25.7 Å². The van der Waals surface area contributed by atoms with Gasteiger partial charge in [-0.05, 0) is 39.5 Å². The summed E-state index contributed by atoms with van der Waals surface area (Å²) in [5.74, 6) is -0.452. The molecule has 2 nitrogen and oxygen atoms in total. The molecule has 0 heterocycles. The first-order valence-electron chi connectivity index (χ1n) is 6.84. The highest BCUT2D eigenvalue weighted by Gasteiger charge is 2.25. The van der Waals surface area contributed by atoms with Crippen molar-refractivity contribution in [3.8, 4) is 0 Å². The first kappa shape index (κ1) is 15.9. The van der Waals surface area contributed by atoms with Gasteiger partial charge in [-0.15, -0.1) is 0 Å². The Morgan fingerprint density at radius 1 is 0.812 bits per heavy atom. The second-order valence-corrected chi connectivity index (χ2v) is 4.89. The van der Waals surface area contributed by atoms with Crippen molar-refractivity contribution in [2.75, 3.05) is 0 Å². The summed E-state index contributed by atoms with van der Waals surface area (Å²) in [4.78, 5) is 0. The topological polar surface area (TPSA) is 18.5 Å². The third kappa shape index (κ3) is 6.49. The molecular formula is C14H30O2. The van der Waals surface area contributed by atoms with Gasteiger partial charge in [-0.3, -0.25) is 0 Å². The molecule has 0 radical (unpaired) electrons. The minimum Gasteiger partial charge on any atom is -0.347 e. The standard InChI is InChI=1S/C14H30O2/c1-7-11-13(10-4)16-14(5,6)15-12(8-2)9-3/h12-13H,7-11H2,1-6H3. The van der Waals surface area contributed by atoms with Gasteiger partial charge in [0.25, 0.3) is 0 Å². The summed E-state index contributed by atoms with van der Waals surface area (Å²) < 4.78 is 12.0. The Kier molecular flexibility index (Phi) is 8.04. The minimum atomic E-state index is -0.452.